The number of halogens is 1. The summed E-state index contributed by atoms with van der Waals surface area (Å²) < 4.78 is 0. The predicted octanol–water partition coefficient (Wildman–Crippen LogP) is 5.65. The molecule has 0 spiro atoms. The van der Waals surface area contributed by atoms with E-state index in [9.17, 15) is 0 Å². The molecule has 0 bridgehead atoms. The molecule has 0 nitrogen and oxygen atoms in total. The van der Waals surface area contributed by atoms with Crippen molar-refractivity contribution in [3.8, 4) is 0 Å². The van der Waals surface area contributed by atoms with Gasteiger partial charge in [-0.1, -0.05) is 76.2 Å². The van der Waals surface area contributed by atoms with Crippen LogP contribution in [-0.2, 0) is 0 Å². The van der Waals surface area contributed by atoms with Gasteiger partial charge in [-0.2, -0.15) is 0 Å². The molecule has 0 radical (unpaired) electrons. The average Bonchev–Trinajstić information content (AvgIpc) is 2.16. The molecule has 0 aromatic rings. The average molecular weight is 277 g/mol. The van der Waals surface area contributed by atoms with Gasteiger partial charge in [0.05, 0.1) is 0 Å². The summed E-state index contributed by atoms with van der Waals surface area (Å²) in [6.45, 7) is 11.7. The van der Waals surface area contributed by atoms with Crippen LogP contribution in [0.15, 0.2) is 0 Å². The molecular weight excluding hydrogens is 248 g/mol. The van der Waals surface area contributed by atoms with Crippen LogP contribution in [0.5, 0.6) is 0 Å². The van der Waals surface area contributed by atoms with E-state index in [4.69, 9.17) is 0 Å². The number of rotatable bonds is 7. The van der Waals surface area contributed by atoms with Gasteiger partial charge in [-0.05, 0) is 23.7 Å². The third kappa shape index (κ3) is 6.60. The van der Waals surface area contributed by atoms with Crippen LogP contribution < -0.4 is 0 Å². The Labute approximate surface area is 105 Å². The number of hydrogen-bond donors (Lipinski definition) is 0. The van der Waals surface area contributed by atoms with Crippen LogP contribution in [-0.4, -0.2) is 5.33 Å². The topological polar surface area (TPSA) is 0 Å². The fourth-order valence-electron chi connectivity index (χ4n) is 2.03. The molecule has 2 unspecified atom stereocenters. The third-order valence-electron chi connectivity index (χ3n) is 3.57. The molecule has 0 amide bonds. The first-order valence-electron chi connectivity index (χ1n) is 6.51. The fourth-order valence-corrected chi connectivity index (χ4v) is 3.27. The number of hydrogen-bond acceptors (Lipinski definition) is 0. The highest BCUT2D eigenvalue weighted by Crippen LogP contribution is 2.34. The largest absolute Gasteiger partial charge is 0.0925 e. The van der Waals surface area contributed by atoms with Crippen LogP contribution in [0, 0.1) is 17.3 Å². The van der Waals surface area contributed by atoms with Crippen molar-refractivity contribution in [2.24, 2.45) is 17.3 Å². The van der Waals surface area contributed by atoms with E-state index in [1.807, 2.05) is 0 Å². The van der Waals surface area contributed by atoms with Crippen molar-refractivity contribution in [1.29, 1.82) is 0 Å². The van der Waals surface area contributed by atoms with Crippen LogP contribution in [0.3, 0.4) is 0 Å². The predicted molar refractivity (Wildman–Crippen MR) is 74.7 cm³/mol. The van der Waals surface area contributed by atoms with E-state index >= 15 is 0 Å². The summed E-state index contributed by atoms with van der Waals surface area (Å²) >= 11 is 3.68. The second-order valence-electron chi connectivity index (χ2n) is 5.87. The van der Waals surface area contributed by atoms with Gasteiger partial charge in [-0.15, -0.1) is 0 Å². The summed E-state index contributed by atoms with van der Waals surface area (Å²) in [5.74, 6) is 1.76. The smallest absolute Gasteiger partial charge is 0.00647 e. The highest BCUT2D eigenvalue weighted by atomic mass is 79.9. The van der Waals surface area contributed by atoms with E-state index in [1.165, 1.54) is 32.1 Å². The molecule has 1 heteroatoms. The first-order valence-corrected chi connectivity index (χ1v) is 7.63. The monoisotopic (exact) mass is 276 g/mol. The van der Waals surface area contributed by atoms with Crippen molar-refractivity contribution >= 4 is 15.9 Å². The second kappa shape index (κ2) is 7.70. The Bertz CT molecular complexity index is 146. The van der Waals surface area contributed by atoms with Crippen molar-refractivity contribution in [3.63, 3.8) is 0 Å². The van der Waals surface area contributed by atoms with Gasteiger partial charge in [0.2, 0.25) is 0 Å². The normalized spacial score (nSPS) is 16.4. The molecule has 0 saturated heterocycles. The lowest BCUT2D eigenvalue weighted by Crippen LogP contribution is -2.24. The summed E-state index contributed by atoms with van der Waals surface area (Å²) in [5.41, 5.74) is 0.448. The molecular formula is C14H29Br. The summed E-state index contributed by atoms with van der Waals surface area (Å²) in [4.78, 5) is 0. The molecule has 0 fully saturated rings. The Kier molecular flexibility index (Phi) is 7.95. The van der Waals surface area contributed by atoms with Crippen molar-refractivity contribution in [3.05, 3.63) is 0 Å². The van der Waals surface area contributed by atoms with Gasteiger partial charge in [0.15, 0.2) is 0 Å². The standard InChI is InChI=1S/C14H29Br/c1-6-8-9-12(7-2)10-13(11-15)14(3,4)5/h12-13H,6-11H2,1-5H3. The quantitative estimate of drug-likeness (QED) is 0.527. The molecule has 0 aliphatic carbocycles. The van der Waals surface area contributed by atoms with Gasteiger partial charge >= 0.3 is 0 Å². The van der Waals surface area contributed by atoms with Crippen molar-refractivity contribution in [2.45, 2.75) is 66.7 Å². The maximum absolute atomic E-state index is 3.68. The Hall–Kier alpha value is 0.480. The molecule has 0 aromatic carbocycles. The van der Waals surface area contributed by atoms with Crippen LogP contribution in [0.1, 0.15) is 66.7 Å². The number of unbranched alkanes of at least 4 members (excludes halogenated alkanes) is 1. The molecule has 0 N–H and O–H groups in total. The fraction of sp³-hybridized carbons (Fsp3) is 1.00. The van der Waals surface area contributed by atoms with E-state index < -0.39 is 0 Å². The zero-order valence-electron chi connectivity index (χ0n) is 11.3. The first kappa shape index (κ1) is 15.5. The molecule has 0 rings (SSSR count). The SMILES string of the molecule is CCCCC(CC)CC(CBr)C(C)(C)C. The molecule has 0 heterocycles. The van der Waals surface area contributed by atoms with Gasteiger partial charge in [0.1, 0.15) is 0 Å². The number of alkyl halides is 1. The first-order chi connectivity index (χ1) is 6.95. The third-order valence-corrected chi connectivity index (χ3v) is 4.35. The highest BCUT2D eigenvalue weighted by molar-refractivity contribution is 9.09. The summed E-state index contributed by atoms with van der Waals surface area (Å²) in [6.07, 6.45) is 6.90. The Morgan fingerprint density at radius 3 is 2.07 bits per heavy atom. The molecule has 0 aliphatic rings. The minimum absolute atomic E-state index is 0.448. The minimum Gasteiger partial charge on any atom is -0.0925 e. The second-order valence-corrected chi connectivity index (χ2v) is 6.52. The van der Waals surface area contributed by atoms with Crippen molar-refractivity contribution < 1.29 is 0 Å². The molecule has 15 heavy (non-hydrogen) atoms. The maximum atomic E-state index is 3.68. The summed E-state index contributed by atoms with van der Waals surface area (Å²) in [7, 11) is 0. The minimum atomic E-state index is 0.448. The Morgan fingerprint density at radius 1 is 1.13 bits per heavy atom. The van der Waals surface area contributed by atoms with E-state index in [2.05, 4.69) is 50.5 Å². The van der Waals surface area contributed by atoms with Crippen LogP contribution in [0.4, 0.5) is 0 Å². The van der Waals surface area contributed by atoms with Crippen molar-refractivity contribution in [2.75, 3.05) is 5.33 Å². The van der Waals surface area contributed by atoms with E-state index in [0.717, 1.165) is 17.2 Å². The van der Waals surface area contributed by atoms with Gasteiger partial charge in [-0.25, -0.2) is 0 Å². The molecule has 0 aromatic heterocycles. The van der Waals surface area contributed by atoms with Gasteiger partial charge in [0.25, 0.3) is 0 Å². The van der Waals surface area contributed by atoms with Crippen LogP contribution in [0.25, 0.3) is 0 Å². The van der Waals surface area contributed by atoms with Crippen LogP contribution in [0.2, 0.25) is 0 Å². The van der Waals surface area contributed by atoms with Gasteiger partial charge in [0, 0.05) is 5.33 Å². The molecule has 92 valence electrons. The lowest BCUT2D eigenvalue weighted by Gasteiger charge is -2.32. The molecule has 2 atom stereocenters. The van der Waals surface area contributed by atoms with Gasteiger partial charge < -0.3 is 0 Å². The highest BCUT2D eigenvalue weighted by Gasteiger charge is 2.25. The van der Waals surface area contributed by atoms with E-state index in [0.29, 0.717) is 5.41 Å². The zero-order valence-corrected chi connectivity index (χ0v) is 12.9. The van der Waals surface area contributed by atoms with Crippen LogP contribution >= 0.6 is 15.9 Å². The zero-order chi connectivity index (χ0) is 11.9. The summed E-state index contributed by atoms with van der Waals surface area (Å²) in [6, 6.07) is 0. The maximum Gasteiger partial charge on any atom is 0.00647 e. The Morgan fingerprint density at radius 2 is 1.73 bits per heavy atom. The van der Waals surface area contributed by atoms with Gasteiger partial charge in [-0.3, -0.25) is 0 Å². The summed E-state index contributed by atoms with van der Waals surface area (Å²) in [5, 5.41) is 1.15. The van der Waals surface area contributed by atoms with E-state index in [-0.39, 0.29) is 0 Å². The lowest BCUT2D eigenvalue weighted by molar-refractivity contribution is 0.211. The lowest BCUT2D eigenvalue weighted by atomic mass is 9.75. The van der Waals surface area contributed by atoms with E-state index in [1.54, 1.807) is 0 Å². The van der Waals surface area contributed by atoms with Crippen molar-refractivity contribution in [1.82, 2.24) is 0 Å². The molecule has 0 aliphatic heterocycles. The molecule has 0 saturated carbocycles. The Balaban J connectivity index is 4.12.